The number of carbonyl (C=O) groups is 1. The summed E-state index contributed by atoms with van der Waals surface area (Å²) in [5.74, 6) is 0.530. The molecule has 0 aliphatic rings. The normalized spacial score (nSPS) is 11.1. The topological polar surface area (TPSA) is 73.3 Å². The molecule has 1 aromatic heterocycles. The van der Waals surface area contributed by atoms with E-state index in [9.17, 15) is 18.0 Å². The average molecular weight is 417 g/mol. The predicted molar refractivity (Wildman–Crippen MR) is 104 cm³/mol. The van der Waals surface area contributed by atoms with Crippen molar-refractivity contribution in [1.82, 2.24) is 9.97 Å². The number of carbonyl (C=O) groups excluding carboxylic acids is 1. The van der Waals surface area contributed by atoms with Gasteiger partial charge in [0.15, 0.2) is 12.4 Å². The van der Waals surface area contributed by atoms with E-state index in [0.717, 1.165) is 12.1 Å². The number of aromatic nitrogens is 2. The van der Waals surface area contributed by atoms with Gasteiger partial charge in [-0.3, -0.25) is 4.79 Å². The van der Waals surface area contributed by atoms with Crippen molar-refractivity contribution in [2.75, 3.05) is 19.0 Å². The van der Waals surface area contributed by atoms with Crippen LogP contribution >= 0.6 is 0 Å². The van der Waals surface area contributed by atoms with Crippen molar-refractivity contribution in [3.63, 3.8) is 0 Å². The first-order chi connectivity index (χ1) is 14.2. The van der Waals surface area contributed by atoms with Crippen LogP contribution in [-0.2, 0) is 11.0 Å². The van der Waals surface area contributed by atoms with Crippen LogP contribution in [0.4, 0.5) is 18.9 Å². The Labute approximate surface area is 170 Å². The van der Waals surface area contributed by atoms with E-state index >= 15 is 0 Å². The van der Waals surface area contributed by atoms with Crippen molar-refractivity contribution < 1.29 is 27.4 Å². The SMILES string of the molecule is COc1cccc(NC(=O)COc2cc(C)nc(-c3ccc(C(F)(F)F)cc3)n2)c1. The van der Waals surface area contributed by atoms with Gasteiger partial charge in [0.2, 0.25) is 5.88 Å². The number of anilines is 1. The Hall–Kier alpha value is -3.62. The number of rotatable bonds is 6. The van der Waals surface area contributed by atoms with Crippen LogP contribution in [0.15, 0.2) is 54.6 Å². The van der Waals surface area contributed by atoms with Gasteiger partial charge in [-0.25, -0.2) is 4.98 Å². The van der Waals surface area contributed by atoms with Gasteiger partial charge in [-0.2, -0.15) is 18.2 Å². The summed E-state index contributed by atoms with van der Waals surface area (Å²) in [6, 6.07) is 12.9. The lowest BCUT2D eigenvalue weighted by molar-refractivity contribution is -0.137. The number of benzene rings is 2. The summed E-state index contributed by atoms with van der Waals surface area (Å²) < 4.78 is 48.7. The Kier molecular flexibility index (Phi) is 6.20. The number of hydrogen-bond acceptors (Lipinski definition) is 5. The third-order valence-corrected chi connectivity index (χ3v) is 4.01. The van der Waals surface area contributed by atoms with Gasteiger partial charge in [0, 0.05) is 29.1 Å². The largest absolute Gasteiger partial charge is 0.497 e. The van der Waals surface area contributed by atoms with Crippen molar-refractivity contribution in [2.45, 2.75) is 13.1 Å². The Balaban J connectivity index is 1.68. The lowest BCUT2D eigenvalue weighted by atomic mass is 10.1. The highest BCUT2D eigenvalue weighted by Crippen LogP contribution is 2.30. The fraction of sp³-hybridized carbons (Fsp3) is 0.190. The number of hydrogen-bond donors (Lipinski definition) is 1. The highest BCUT2D eigenvalue weighted by Gasteiger charge is 2.30. The molecule has 30 heavy (non-hydrogen) atoms. The van der Waals surface area contributed by atoms with Gasteiger partial charge in [0.25, 0.3) is 5.91 Å². The zero-order chi connectivity index (χ0) is 21.7. The summed E-state index contributed by atoms with van der Waals surface area (Å²) in [4.78, 5) is 20.5. The van der Waals surface area contributed by atoms with Crippen LogP contribution < -0.4 is 14.8 Å². The maximum Gasteiger partial charge on any atom is 0.416 e. The van der Waals surface area contributed by atoms with Crippen LogP contribution in [0.2, 0.25) is 0 Å². The second-order valence-corrected chi connectivity index (χ2v) is 6.32. The van der Waals surface area contributed by atoms with E-state index in [2.05, 4.69) is 15.3 Å². The maximum absolute atomic E-state index is 12.7. The molecule has 1 amide bonds. The van der Waals surface area contributed by atoms with Crippen molar-refractivity contribution in [1.29, 1.82) is 0 Å². The molecule has 0 saturated heterocycles. The van der Waals surface area contributed by atoms with Crippen molar-refractivity contribution in [3.8, 4) is 23.0 Å². The lowest BCUT2D eigenvalue weighted by Gasteiger charge is -2.10. The molecule has 0 spiro atoms. The Morgan fingerprint density at radius 2 is 1.80 bits per heavy atom. The standard InChI is InChI=1S/C21H18F3N3O3/c1-13-10-19(30-12-18(28)26-16-4-3-5-17(11-16)29-2)27-20(25-13)14-6-8-15(9-7-14)21(22,23)24/h3-11H,12H2,1-2H3,(H,26,28). The summed E-state index contributed by atoms with van der Waals surface area (Å²) in [6.45, 7) is 1.39. The Bertz CT molecular complexity index is 1040. The fourth-order valence-corrected chi connectivity index (χ4v) is 2.59. The van der Waals surface area contributed by atoms with Crippen molar-refractivity contribution >= 4 is 11.6 Å². The zero-order valence-corrected chi connectivity index (χ0v) is 16.2. The zero-order valence-electron chi connectivity index (χ0n) is 16.2. The monoisotopic (exact) mass is 417 g/mol. The molecule has 0 bridgehead atoms. The Morgan fingerprint density at radius 1 is 1.07 bits per heavy atom. The number of ether oxygens (including phenoxy) is 2. The van der Waals surface area contributed by atoms with Crippen LogP contribution in [0.25, 0.3) is 11.4 Å². The molecule has 0 aliphatic carbocycles. The van der Waals surface area contributed by atoms with E-state index in [-0.39, 0.29) is 18.3 Å². The molecule has 1 heterocycles. The molecule has 6 nitrogen and oxygen atoms in total. The third-order valence-electron chi connectivity index (χ3n) is 4.01. The van der Waals surface area contributed by atoms with Gasteiger partial charge in [0.05, 0.1) is 12.7 Å². The molecule has 1 N–H and O–H groups in total. The number of methoxy groups -OCH3 is 1. The molecule has 3 rings (SSSR count). The number of nitrogens with one attached hydrogen (secondary N) is 1. The quantitative estimate of drug-likeness (QED) is 0.640. The minimum Gasteiger partial charge on any atom is -0.497 e. The van der Waals surface area contributed by atoms with Crippen LogP contribution in [0, 0.1) is 6.92 Å². The van der Waals surface area contributed by atoms with Gasteiger partial charge >= 0.3 is 6.18 Å². The highest BCUT2D eigenvalue weighted by atomic mass is 19.4. The van der Waals surface area contributed by atoms with Crippen LogP contribution in [-0.4, -0.2) is 29.6 Å². The molecule has 2 aromatic carbocycles. The van der Waals surface area contributed by atoms with Crippen LogP contribution in [0.1, 0.15) is 11.3 Å². The lowest BCUT2D eigenvalue weighted by Crippen LogP contribution is -2.20. The first-order valence-corrected chi connectivity index (χ1v) is 8.84. The first kappa shape index (κ1) is 21.1. The number of aryl methyl sites for hydroxylation is 1. The first-order valence-electron chi connectivity index (χ1n) is 8.84. The molecular weight excluding hydrogens is 399 g/mol. The molecule has 9 heteroatoms. The van der Waals surface area contributed by atoms with Gasteiger partial charge in [-0.05, 0) is 31.2 Å². The second-order valence-electron chi connectivity index (χ2n) is 6.32. The minimum absolute atomic E-state index is 0.137. The number of alkyl halides is 3. The van der Waals surface area contributed by atoms with Crippen molar-refractivity contribution in [2.24, 2.45) is 0 Å². The van der Waals surface area contributed by atoms with Gasteiger partial charge in [0.1, 0.15) is 5.75 Å². The van der Waals surface area contributed by atoms with E-state index in [1.807, 2.05) is 0 Å². The van der Waals surface area contributed by atoms with E-state index < -0.39 is 17.6 Å². The number of halogens is 3. The third kappa shape index (κ3) is 5.47. The fourth-order valence-electron chi connectivity index (χ4n) is 2.59. The van der Waals surface area contributed by atoms with Crippen LogP contribution in [0.3, 0.4) is 0 Å². The van der Waals surface area contributed by atoms with E-state index in [0.29, 0.717) is 22.7 Å². The number of nitrogens with zero attached hydrogens (tertiary/aromatic N) is 2. The van der Waals surface area contributed by atoms with E-state index in [1.54, 1.807) is 31.2 Å². The minimum atomic E-state index is -4.42. The summed E-state index contributed by atoms with van der Waals surface area (Å²) in [7, 11) is 1.52. The summed E-state index contributed by atoms with van der Waals surface area (Å²) in [5, 5.41) is 2.67. The molecule has 0 fully saturated rings. The van der Waals surface area contributed by atoms with Crippen molar-refractivity contribution in [3.05, 3.63) is 65.9 Å². The average Bonchev–Trinajstić information content (AvgIpc) is 2.71. The molecule has 0 saturated carbocycles. The predicted octanol–water partition coefficient (Wildman–Crippen LogP) is 4.50. The van der Waals surface area contributed by atoms with E-state index in [4.69, 9.17) is 9.47 Å². The smallest absolute Gasteiger partial charge is 0.416 e. The molecular formula is C21H18F3N3O3. The second kappa shape index (κ2) is 8.81. The number of amides is 1. The molecule has 0 atom stereocenters. The summed E-state index contributed by atoms with van der Waals surface area (Å²) in [6.07, 6.45) is -4.42. The van der Waals surface area contributed by atoms with Crippen LogP contribution in [0.5, 0.6) is 11.6 Å². The molecule has 156 valence electrons. The van der Waals surface area contributed by atoms with Gasteiger partial charge in [-0.1, -0.05) is 18.2 Å². The summed E-state index contributed by atoms with van der Waals surface area (Å²) in [5.41, 5.74) is 0.734. The maximum atomic E-state index is 12.7. The van der Waals surface area contributed by atoms with Gasteiger partial charge in [-0.15, -0.1) is 0 Å². The Morgan fingerprint density at radius 3 is 2.47 bits per heavy atom. The molecule has 3 aromatic rings. The van der Waals surface area contributed by atoms with E-state index in [1.165, 1.54) is 25.3 Å². The molecule has 0 unspecified atom stereocenters. The summed E-state index contributed by atoms with van der Waals surface area (Å²) >= 11 is 0. The highest BCUT2D eigenvalue weighted by molar-refractivity contribution is 5.92. The molecule has 0 radical (unpaired) electrons. The molecule has 0 aliphatic heterocycles. The van der Waals surface area contributed by atoms with Gasteiger partial charge < -0.3 is 14.8 Å².